The zero-order chi connectivity index (χ0) is 13.1. The van der Waals surface area contributed by atoms with Crippen LogP contribution >= 0.6 is 34.2 Å². The van der Waals surface area contributed by atoms with Crippen molar-refractivity contribution in [2.45, 2.75) is 30.7 Å². The van der Waals surface area contributed by atoms with Gasteiger partial charge in [0, 0.05) is 21.1 Å². The van der Waals surface area contributed by atoms with Crippen molar-refractivity contribution in [1.82, 2.24) is 14.8 Å². The molecule has 0 aliphatic carbocycles. The smallest absolute Gasteiger partial charge is 0.181 e. The van der Waals surface area contributed by atoms with Gasteiger partial charge in [0.1, 0.15) is 5.82 Å². The van der Waals surface area contributed by atoms with E-state index < -0.39 is 0 Å². The van der Waals surface area contributed by atoms with E-state index in [0.29, 0.717) is 3.92 Å². The molecule has 0 N–H and O–H groups in total. The van der Waals surface area contributed by atoms with Gasteiger partial charge in [-0.2, -0.15) is 5.10 Å². The maximum absolute atomic E-state index is 5.87. The fourth-order valence-electron chi connectivity index (χ4n) is 1.65. The molecule has 5 heteroatoms. The Balaban J connectivity index is 2.20. The van der Waals surface area contributed by atoms with E-state index in [9.17, 15) is 0 Å². The summed E-state index contributed by atoms with van der Waals surface area (Å²) in [6, 6.07) is 7.62. The predicted molar refractivity (Wildman–Crippen MR) is 83.3 cm³/mol. The number of nitrogens with zero attached hydrogens (tertiary/aromatic N) is 3. The van der Waals surface area contributed by atoms with Crippen LogP contribution in [0.15, 0.2) is 24.3 Å². The summed E-state index contributed by atoms with van der Waals surface area (Å²) in [5, 5.41) is 5.27. The zero-order valence-electron chi connectivity index (χ0n) is 10.4. The lowest BCUT2D eigenvalue weighted by Crippen LogP contribution is -2.06. The molecule has 2 aromatic rings. The van der Waals surface area contributed by atoms with Gasteiger partial charge >= 0.3 is 0 Å². The standard InChI is InChI=1S/C13H15ClIN3/c1-9(15)7-8-18-10(2)16-13(17-18)11-3-5-12(14)6-4-11/h3-6,9H,7-8H2,1-2H3. The van der Waals surface area contributed by atoms with Crippen LogP contribution in [0.25, 0.3) is 11.4 Å². The third-order valence-electron chi connectivity index (χ3n) is 2.70. The fraction of sp³-hybridized carbons (Fsp3) is 0.385. The molecule has 0 bridgehead atoms. The summed E-state index contributed by atoms with van der Waals surface area (Å²) in [4.78, 5) is 4.49. The molecule has 0 saturated heterocycles. The Morgan fingerprint density at radius 3 is 2.61 bits per heavy atom. The van der Waals surface area contributed by atoms with Crippen molar-refractivity contribution >= 4 is 34.2 Å². The molecular weight excluding hydrogens is 361 g/mol. The van der Waals surface area contributed by atoms with Gasteiger partial charge in [-0.3, -0.25) is 0 Å². The van der Waals surface area contributed by atoms with Crippen molar-refractivity contribution < 1.29 is 0 Å². The van der Waals surface area contributed by atoms with Gasteiger partial charge in [0.2, 0.25) is 0 Å². The van der Waals surface area contributed by atoms with Crippen molar-refractivity contribution in [1.29, 1.82) is 0 Å². The third-order valence-corrected chi connectivity index (χ3v) is 3.57. The molecule has 1 unspecified atom stereocenters. The van der Waals surface area contributed by atoms with Crippen LogP contribution in [0, 0.1) is 6.92 Å². The first-order valence-corrected chi connectivity index (χ1v) is 7.50. The van der Waals surface area contributed by atoms with Crippen LogP contribution in [-0.2, 0) is 6.54 Å². The second-order valence-electron chi connectivity index (χ2n) is 4.28. The van der Waals surface area contributed by atoms with Crippen LogP contribution in [0.5, 0.6) is 0 Å². The minimum Gasteiger partial charge on any atom is -0.250 e. The molecule has 1 aromatic carbocycles. The van der Waals surface area contributed by atoms with Gasteiger partial charge in [0.15, 0.2) is 5.82 Å². The number of rotatable bonds is 4. The Labute approximate surface area is 126 Å². The molecule has 18 heavy (non-hydrogen) atoms. The minimum absolute atomic E-state index is 0.644. The Morgan fingerprint density at radius 1 is 1.33 bits per heavy atom. The quantitative estimate of drug-likeness (QED) is 0.594. The van der Waals surface area contributed by atoms with Gasteiger partial charge in [-0.1, -0.05) is 41.1 Å². The number of halogens is 2. The number of hydrogen-bond donors (Lipinski definition) is 0. The summed E-state index contributed by atoms with van der Waals surface area (Å²) < 4.78 is 2.62. The van der Waals surface area contributed by atoms with Gasteiger partial charge in [-0.05, 0) is 37.6 Å². The molecular formula is C13H15ClIN3. The summed E-state index contributed by atoms with van der Waals surface area (Å²) in [5.41, 5.74) is 1.00. The van der Waals surface area contributed by atoms with Gasteiger partial charge in [-0.15, -0.1) is 0 Å². The minimum atomic E-state index is 0.644. The van der Waals surface area contributed by atoms with Crippen LogP contribution in [0.1, 0.15) is 19.2 Å². The molecule has 0 saturated carbocycles. The van der Waals surface area contributed by atoms with E-state index in [1.54, 1.807) is 0 Å². The molecule has 1 aromatic heterocycles. The molecule has 3 nitrogen and oxygen atoms in total. The summed E-state index contributed by atoms with van der Waals surface area (Å²) >= 11 is 8.30. The van der Waals surface area contributed by atoms with Crippen molar-refractivity contribution in [3.63, 3.8) is 0 Å². The number of aryl methyl sites for hydroxylation is 2. The monoisotopic (exact) mass is 375 g/mol. The van der Waals surface area contributed by atoms with Crippen LogP contribution in [0.3, 0.4) is 0 Å². The first-order valence-electron chi connectivity index (χ1n) is 5.87. The molecule has 2 rings (SSSR count). The normalized spacial score (nSPS) is 12.7. The van der Waals surface area contributed by atoms with E-state index in [1.807, 2.05) is 35.9 Å². The lowest BCUT2D eigenvalue weighted by atomic mass is 10.2. The Morgan fingerprint density at radius 2 is 2.00 bits per heavy atom. The van der Waals surface area contributed by atoms with Crippen molar-refractivity contribution in [3.8, 4) is 11.4 Å². The largest absolute Gasteiger partial charge is 0.250 e. The SMILES string of the molecule is Cc1nc(-c2ccc(Cl)cc2)nn1CCC(C)I. The van der Waals surface area contributed by atoms with E-state index in [-0.39, 0.29) is 0 Å². The number of alkyl halides is 1. The Hall–Kier alpha value is -0.620. The van der Waals surface area contributed by atoms with Crippen LogP contribution in [0.4, 0.5) is 0 Å². The van der Waals surface area contributed by atoms with Crippen molar-refractivity contribution in [3.05, 3.63) is 35.1 Å². The van der Waals surface area contributed by atoms with E-state index in [4.69, 9.17) is 11.6 Å². The fourth-order valence-corrected chi connectivity index (χ4v) is 2.06. The molecule has 0 amide bonds. The molecule has 0 radical (unpaired) electrons. The average Bonchev–Trinajstić information content (AvgIpc) is 2.69. The molecule has 0 spiro atoms. The van der Waals surface area contributed by atoms with Crippen LogP contribution in [0.2, 0.25) is 5.02 Å². The second-order valence-corrected chi connectivity index (χ2v) is 6.84. The van der Waals surface area contributed by atoms with Gasteiger partial charge in [-0.25, -0.2) is 9.67 Å². The lowest BCUT2D eigenvalue weighted by molar-refractivity contribution is 0.568. The van der Waals surface area contributed by atoms with Crippen LogP contribution in [-0.4, -0.2) is 18.7 Å². The van der Waals surface area contributed by atoms with Gasteiger partial charge in [0.25, 0.3) is 0 Å². The molecule has 0 fully saturated rings. The van der Waals surface area contributed by atoms with E-state index >= 15 is 0 Å². The first kappa shape index (κ1) is 13.8. The summed E-state index contributed by atoms with van der Waals surface area (Å²) in [6.07, 6.45) is 1.10. The maximum atomic E-state index is 5.87. The highest BCUT2D eigenvalue weighted by Crippen LogP contribution is 2.19. The molecule has 1 atom stereocenters. The average molecular weight is 376 g/mol. The maximum Gasteiger partial charge on any atom is 0.181 e. The van der Waals surface area contributed by atoms with E-state index in [2.05, 4.69) is 39.6 Å². The summed E-state index contributed by atoms with van der Waals surface area (Å²) in [6.45, 7) is 5.10. The number of aromatic nitrogens is 3. The van der Waals surface area contributed by atoms with Crippen molar-refractivity contribution in [2.75, 3.05) is 0 Å². The molecule has 0 aliphatic rings. The number of hydrogen-bond acceptors (Lipinski definition) is 2. The lowest BCUT2D eigenvalue weighted by Gasteiger charge is -2.04. The highest BCUT2D eigenvalue weighted by atomic mass is 127. The second kappa shape index (κ2) is 6.02. The molecule has 1 heterocycles. The number of benzene rings is 1. The molecule has 0 aliphatic heterocycles. The topological polar surface area (TPSA) is 30.7 Å². The highest BCUT2D eigenvalue weighted by Gasteiger charge is 2.08. The van der Waals surface area contributed by atoms with Crippen molar-refractivity contribution in [2.24, 2.45) is 0 Å². The van der Waals surface area contributed by atoms with Gasteiger partial charge < -0.3 is 0 Å². The first-order chi connectivity index (χ1) is 8.56. The van der Waals surface area contributed by atoms with E-state index in [1.165, 1.54) is 0 Å². The predicted octanol–water partition coefficient (Wildman–Crippen LogP) is 4.12. The Kier molecular flexibility index (Phi) is 4.61. The highest BCUT2D eigenvalue weighted by molar-refractivity contribution is 14.1. The third kappa shape index (κ3) is 3.45. The molecule has 96 valence electrons. The van der Waals surface area contributed by atoms with E-state index in [0.717, 1.165) is 35.2 Å². The van der Waals surface area contributed by atoms with Gasteiger partial charge in [0.05, 0.1) is 0 Å². The Bertz CT molecular complexity index is 520. The summed E-state index contributed by atoms with van der Waals surface area (Å²) in [7, 11) is 0. The summed E-state index contributed by atoms with van der Waals surface area (Å²) in [5.74, 6) is 1.72. The zero-order valence-corrected chi connectivity index (χ0v) is 13.3. The van der Waals surface area contributed by atoms with Crippen LogP contribution < -0.4 is 0 Å².